The average Bonchev–Trinajstić information content (AvgIpc) is 2.75. The standard InChI is InChI=1S/C20H29O4.3C2H4O/c1-3-4-5-6-7-8-12-16-20(2,23-17-15-19(21)22)24-18-13-10-9-11-14-18;3*1-2-3/h9-11,13-15,17H,2-8,12,16H2,1H3,(H,21,22);3*1-2H2. The van der Waals surface area contributed by atoms with Crippen molar-refractivity contribution in [3.63, 3.8) is 0 Å². The molecule has 0 aliphatic carbocycles. The minimum atomic E-state index is -1.11. The van der Waals surface area contributed by atoms with Crippen LogP contribution in [0.5, 0.6) is 5.75 Å². The summed E-state index contributed by atoms with van der Waals surface area (Å²) >= 11 is 0. The van der Waals surface area contributed by atoms with Crippen LogP contribution in [-0.4, -0.2) is 36.7 Å². The van der Waals surface area contributed by atoms with Gasteiger partial charge >= 0.3 is 5.97 Å². The lowest BCUT2D eigenvalue weighted by Crippen LogP contribution is -2.34. The zero-order valence-corrected chi connectivity index (χ0v) is 20.0. The second kappa shape index (κ2) is 27.9. The second-order valence-corrected chi connectivity index (χ2v) is 6.57. The highest BCUT2D eigenvalue weighted by molar-refractivity contribution is 5.79. The molecule has 0 spiro atoms. The highest BCUT2D eigenvalue weighted by Gasteiger charge is 2.27. The Bertz CT molecular complexity index is 530. The summed E-state index contributed by atoms with van der Waals surface area (Å²) in [4.78, 5) is 10.6. The first-order valence-electron chi connectivity index (χ1n) is 11.1. The summed E-state index contributed by atoms with van der Waals surface area (Å²) in [5.74, 6) is -1.52. The molecule has 1 atom stereocenters. The summed E-state index contributed by atoms with van der Waals surface area (Å²) < 4.78 is 11.3. The third kappa shape index (κ3) is 29.9. The van der Waals surface area contributed by atoms with E-state index < -0.39 is 11.8 Å². The zero-order chi connectivity index (χ0) is 25.8. The Hall–Kier alpha value is -2.09. The van der Waals surface area contributed by atoms with Gasteiger partial charge in [-0.3, -0.25) is 0 Å². The molecule has 1 aromatic rings. The Labute approximate surface area is 201 Å². The first kappa shape index (κ1) is 35.5. The van der Waals surface area contributed by atoms with Gasteiger partial charge in [-0.15, -0.1) is 0 Å². The van der Waals surface area contributed by atoms with Gasteiger partial charge in [-0.25, -0.2) is 20.1 Å². The molecular weight excluding hydrogens is 424 g/mol. The van der Waals surface area contributed by atoms with Gasteiger partial charge in [-0.1, -0.05) is 63.6 Å². The lowest BCUT2D eigenvalue weighted by Gasteiger charge is -2.29. The molecule has 1 unspecified atom stereocenters. The minimum Gasteiger partial charge on any atom is -0.478 e. The number of carboxylic acid groups (broad SMARTS) is 1. The number of ether oxygens (including phenoxy) is 2. The van der Waals surface area contributed by atoms with Crippen molar-refractivity contribution in [3.8, 4) is 5.75 Å². The fourth-order valence-corrected chi connectivity index (χ4v) is 2.41. The number of para-hydroxylation sites is 1. The largest absolute Gasteiger partial charge is 0.478 e. The van der Waals surface area contributed by atoms with Crippen molar-refractivity contribution < 1.29 is 34.7 Å². The fourth-order valence-electron chi connectivity index (χ4n) is 2.41. The van der Waals surface area contributed by atoms with Crippen LogP contribution in [0, 0.1) is 27.7 Å². The highest BCUT2D eigenvalue weighted by atomic mass is 16.7. The van der Waals surface area contributed by atoms with Crippen LogP contribution >= 0.6 is 0 Å². The number of carboxylic acids is 1. The summed E-state index contributed by atoms with van der Waals surface area (Å²) in [5.41, 5.74) is 0. The Balaban J connectivity index is -0.000000860. The van der Waals surface area contributed by atoms with Crippen molar-refractivity contribution in [3.05, 3.63) is 70.4 Å². The van der Waals surface area contributed by atoms with E-state index in [1.807, 2.05) is 30.3 Å². The predicted molar refractivity (Wildman–Crippen MR) is 128 cm³/mol. The van der Waals surface area contributed by atoms with Crippen molar-refractivity contribution in [1.29, 1.82) is 0 Å². The van der Waals surface area contributed by atoms with E-state index in [1.54, 1.807) is 0 Å². The van der Waals surface area contributed by atoms with Gasteiger partial charge < -0.3 is 14.6 Å². The minimum absolute atomic E-state index is 0.250. The molecule has 0 bridgehead atoms. The average molecular weight is 466 g/mol. The third-order valence-corrected chi connectivity index (χ3v) is 3.70. The van der Waals surface area contributed by atoms with Crippen molar-refractivity contribution >= 4 is 5.97 Å². The van der Waals surface area contributed by atoms with E-state index in [0.29, 0.717) is 12.2 Å². The molecule has 0 aliphatic heterocycles. The van der Waals surface area contributed by atoms with Crippen molar-refractivity contribution in [2.24, 2.45) is 0 Å². The predicted octanol–water partition coefficient (Wildman–Crippen LogP) is 6.10. The van der Waals surface area contributed by atoms with E-state index in [-0.39, 0.29) is 19.8 Å². The van der Waals surface area contributed by atoms with Gasteiger partial charge in [-0.05, 0) is 39.3 Å². The lowest BCUT2D eigenvalue weighted by atomic mass is 10.1. The number of rotatable bonds is 13. The Morgan fingerprint density at radius 3 is 1.82 bits per heavy atom. The maximum Gasteiger partial charge on any atom is 0.331 e. The van der Waals surface area contributed by atoms with Crippen LogP contribution in [0.15, 0.2) is 42.7 Å². The van der Waals surface area contributed by atoms with E-state index in [0.717, 1.165) is 25.2 Å². The van der Waals surface area contributed by atoms with Crippen LogP contribution in [-0.2, 0) is 24.9 Å². The summed E-state index contributed by atoms with van der Waals surface area (Å²) in [7, 11) is 0. The van der Waals surface area contributed by atoms with Crippen LogP contribution in [0.1, 0.15) is 58.3 Å². The molecule has 7 nitrogen and oxygen atoms in total. The number of unbranched alkanes of at least 4 members (excludes halogenated alkanes) is 6. The Morgan fingerprint density at radius 2 is 1.36 bits per heavy atom. The number of hydrogen-bond donors (Lipinski definition) is 1. The quantitative estimate of drug-likeness (QED) is 0.164. The molecule has 187 valence electrons. The van der Waals surface area contributed by atoms with Gasteiger partial charge in [0.15, 0.2) is 0 Å². The molecule has 33 heavy (non-hydrogen) atoms. The molecule has 0 saturated carbocycles. The summed E-state index contributed by atoms with van der Waals surface area (Å²) in [5, 5.41) is 35.1. The summed E-state index contributed by atoms with van der Waals surface area (Å²) in [6.07, 6.45) is 10.9. The molecule has 1 aromatic carbocycles. The summed E-state index contributed by atoms with van der Waals surface area (Å²) in [6, 6.07) is 9.30. The monoisotopic (exact) mass is 465 g/mol. The molecular formula is C26H41O7. The van der Waals surface area contributed by atoms with Crippen LogP contribution in [0.2, 0.25) is 0 Å². The first-order valence-corrected chi connectivity index (χ1v) is 11.1. The smallest absolute Gasteiger partial charge is 0.331 e. The molecule has 1 N–H and O–H groups in total. The van der Waals surface area contributed by atoms with Gasteiger partial charge in [0.1, 0.15) is 5.75 Å². The molecule has 7 heteroatoms. The molecule has 0 amide bonds. The van der Waals surface area contributed by atoms with Crippen LogP contribution in [0.25, 0.3) is 0 Å². The van der Waals surface area contributed by atoms with Crippen LogP contribution in [0.4, 0.5) is 0 Å². The van der Waals surface area contributed by atoms with Gasteiger partial charge in [0.25, 0.3) is 5.79 Å². The number of carbonyl (C=O) groups is 1. The van der Waals surface area contributed by atoms with E-state index in [1.165, 1.54) is 32.1 Å². The van der Waals surface area contributed by atoms with Crippen LogP contribution in [0.3, 0.4) is 0 Å². The maximum atomic E-state index is 10.6. The maximum absolute atomic E-state index is 10.6. The first-order chi connectivity index (χ1) is 15.8. The summed E-state index contributed by atoms with van der Waals surface area (Å²) in [6.45, 7) is 14.3. The van der Waals surface area contributed by atoms with Crippen molar-refractivity contribution in [2.75, 3.05) is 19.8 Å². The second-order valence-electron chi connectivity index (χ2n) is 6.57. The lowest BCUT2D eigenvalue weighted by molar-refractivity contribution is -0.132. The Morgan fingerprint density at radius 1 is 0.909 bits per heavy atom. The van der Waals surface area contributed by atoms with Crippen molar-refractivity contribution in [2.45, 2.75) is 64.1 Å². The molecule has 0 fully saturated rings. The van der Waals surface area contributed by atoms with E-state index >= 15 is 0 Å². The van der Waals surface area contributed by atoms with Gasteiger partial charge in [0.2, 0.25) is 0 Å². The van der Waals surface area contributed by atoms with E-state index in [2.05, 4.69) is 34.6 Å². The normalized spacial score (nSPS) is 11.5. The Kier molecular flexibility index (Phi) is 30.1. The van der Waals surface area contributed by atoms with Gasteiger partial charge in [0, 0.05) is 13.3 Å². The topological polar surface area (TPSA) is 115 Å². The SMILES string of the molecule is [CH2]C(CCCCCCCCC)(OC=CC(=O)O)Oc1ccccc1.[CH2]C[O].[CH2]C[O].[CH2]C[O]. The zero-order valence-electron chi connectivity index (χ0n) is 20.0. The van der Waals surface area contributed by atoms with Crippen LogP contribution < -0.4 is 4.74 Å². The molecule has 0 aromatic heterocycles. The number of aliphatic carboxylic acids is 1. The van der Waals surface area contributed by atoms with E-state index in [9.17, 15) is 4.79 Å². The molecule has 7 radical (unpaired) electrons. The third-order valence-electron chi connectivity index (χ3n) is 3.70. The fraction of sp³-hybridized carbons (Fsp3) is 0.500. The highest BCUT2D eigenvalue weighted by Crippen LogP contribution is 2.25. The van der Waals surface area contributed by atoms with Gasteiger partial charge in [0.05, 0.1) is 32.2 Å². The van der Waals surface area contributed by atoms with Crippen molar-refractivity contribution in [1.82, 2.24) is 0 Å². The number of hydrogen-bond acceptors (Lipinski definition) is 3. The van der Waals surface area contributed by atoms with Gasteiger partial charge in [-0.2, -0.15) is 0 Å². The number of benzene rings is 1. The molecule has 0 aliphatic rings. The molecule has 1 rings (SSSR count). The van der Waals surface area contributed by atoms with E-state index in [4.69, 9.17) is 29.9 Å². The molecule has 0 heterocycles. The molecule has 0 saturated heterocycles.